The van der Waals surface area contributed by atoms with E-state index < -0.39 is 6.04 Å². The SMILES string of the molecule is CC1C(=O)Nc2ccccc2CN1C(=O)c1ccoc1Br. The van der Waals surface area contributed by atoms with Gasteiger partial charge < -0.3 is 14.6 Å². The van der Waals surface area contributed by atoms with Gasteiger partial charge in [0.05, 0.1) is 11.8 Å². The zero-order valence-electron chi connectivity index (χ0n) is 11.3. The highest BCUT2D eigenvalue weighted by molar-refractivity contribution is 9.10. The number of nitrogens with one attached hydrogen (secondary N) is 1. The third-order valence-corrected chi connectivity index (χ3v) is 4.19. The van der Waals surface area contributed by atoms with Gasteiger partial charge in [0.1, 0.15) is 6.04 Å². The minimum Gasteiger partial charge on any atom is -0.457 e. The summed E-state index contributed by atoms with van der Waals surface area (Å²) in [5.41, 5.74) is 2.06. The third kappa shape index (κ3) is 2.47. The predicted octanol–water partition coefficient (Wildman–Crippen LogP) is 3.03. The first-order valence-electron chi connectivity index (χ1n) is 6.50. The summed E-state index contributed by atoms with van der Waals surface area (Å²) < 4.78 is 5.48. The Labute approximate surface area is 130 Å². The van der Waals surface area contributed by atoms with Gasteiger partial charge in [-0.2, -0.15) is 0 Å². The number of hydrogen-bond donors (Lipinski definition) is 1. The average Bonchev–Trinajstić information content (AvgIpc) is 2.85. The average molecular weight is 349 g/mol. The zero-order valence-corrected chi connectivity index (χ0v) is 12.9. The van der Waals surface area contributed by atoms with Crippen molar-refractivity contribution in [2.45, 2.75) is 19.5 Å². The van der Waals surface area contributed by atoms with Gasteiger partial charge in [0.15, 0.2) is 4.67 Å². The summed E-state index contributed by atoms with van der Waals surface area (Å²) >= 11 is 3.21. The Morgan fingerprint density at radius 1 is 1.38 bits per heavy atom. The van der Waals surface area contributed by atoms with Crippen LogP contribution in [-0.2, 0) is 11.3 Å². The summed E-state index contributed by atoms with van der Waals surface area (Å²) in [6, 6.07) is 8.51. The van der Waals surface area contributed by atoms with Gasteiger partial charge >= 0.3 is 0 Å². The molecule has 1 atom stereocenters. The molecule has 1 aliphatic rings. The molecule has 21 heavy (non-hydrogen) atoms. The van der Waals surface area contributed by atoms with E-state index in [0.29, 0.717) is 16.8 Å². The van der Waals surface area contributed by atoms with Gasteiger partial charge in [-0.25, -0.2) is 0 Å². The Balaban J connectivity index is 2.00. The van der Waals surface area contributed by atoms with Crippen molar-refractivity contribution in [3.8, 4) is 0 Å². The number of benzene rings is 1. The summed E-state index contributed by atoms with van der Waals surface area (Å²) in [7, 11) is 0. The first-order valence-corrected chi connectivity index (χ1v) is 7.30. The largest absolute Gasteiger partial charge is 0.457 e. The molecule has 2 heterocycles. The lowest BCUT2D eigenvalue weighted by Gasteiger charge is -2.25. The van der Waals surface area contributed by atoms with Crippen molar-refractivity contribution in [3.63, 3.8) is 0 Å². The van der Waals surface area contributed by atoms with E-state index in [1.54, 1.807) is 13.0 Å². The molecule has 0 bridgehead atoms. The lowest BCUT2D eigenvalue weighted by atomic mass is 10.1. The number of fused-ring (bicyclic) bond motifs is 1. The zero-order chi connectivity index (χ0) is 15.0. The van der Waals surface area contributed by atoms with Crippen LogP contribution in [0.25, 0.3) is 0 Å². The predicted molar refractivity (Wildman–Crippen MR) is 80.8 cm³/mol. The number of furan rings is 1. The Kier molecular flexibility index (Phi) is 3.55. The summed E-state index contributed by atoms with van der Waals surface area (Å²) in [6.45, 7) is 2.08. The fourth-order valence-electron chi connectivity index (χ4n) is 2.33. The lowest BCUT2D eigenvalue weighted by molar-refractivity contribution is -0.120. The van der Waals surface area contributed by atoms with Crippen molar-refractivity contribution in [1.82, 2.24) is 4.90 Å². The van der Waals surface area contributed by atoms with Crippen LogP contribution < -0.4 is 5.32 Å². The van der Waals surface area contributed by atoms with Gasteiger partial charge in [-0.3, -0.25) is 9.59 Å². The monoisotopic (exact) mass is 348 g/mol. The van der Waals surface area contributed by atoms with E-state index >= 15 is 0 Å². The molecule has 1 aliphatic heterocycles. The summed E-state index contributed by atoms with van der Waals surface area (Å²) in [5.74, 6) is -0.442. The first-order chi connectivity index (χ1) is 10.1. The van der Waals surface area contributed by atoms with Crippen LogP contribution in [0.1, 0.15) is 22.8 Å². The van der Waals surface area contributed by atoms with Crippen LogP contribution in [0.5, 0.6) is 0 Å². The van der Waals surface area contributed by atoms with Crippen molar-refractivity contribution in [2.75, 3.05) is 5.32 Å². The number of rotatable bonds is 1. The Bertz CT molecular complexity index is 710. The number of nitrogens with zero attached hydrogens (tertiary/aromatic N) is 1. The summed E-state index contributed by atoms with van der Waals surface area (Å²) in [6.07, 6.45) is 1.44. The number of amides is 2. The summed E-state index contributed by atoms with van der Waals surface area (Å²) in [4.78, 5) is 26.4. The van der Waals surface area contributed by atoms with Crippen LogP contribution in [-0.4, -0.2) is 22.8 Å². The van der Waals surface area contributed by atoms with E-state index in [4.69, 9.17) is 4.42 Å². The quantitative estimate of drug-likeness (QED) is 0.861. The summed E-state index contributed by atoms with van der Waals surface area (Å²) in [5, 5.41) is 2.85. The maximum absolute atomic E-state index is 12.7. The minimum absolute atomic E-state index is 0.201. The van der Waals surface area contributed by atoms with Gasteiger partial charge in [0.25, 0.3) is 5.91 Å². The van der Waals surface area contributed by atoms with Crippen molar-refractivity contribution >= 4 is 33.4 Å². The van der Waals surface area contributed by atoms with Crippen LogP contribution in [0.3, 0.4) is 0 Å². The molecule has 5 nitrogen and oxygen atoms in total. The molecule has 0 saturated heterocycles. The molecule has 6 heteroatoms. The van der Waals surface area contributed by atoms with Crippen molar-refractivity contribution in [1.29, 1.82) is 0 Å². The van der Waals surface area contributed by atoms with Crippen molar-refractivity contribution < 1.29 is 14.0 Å². The molecule has 1 aromatic carbocycles. The second-order valence-electron chi connectivity index (χ2n) is 4.86. The van der Waals surface area contributed by atoms with Gasteiger partial charge in [0.2, 0.25) is 5.91 Å². The molecule has 3 rings (SSSR count). The fourth-order valence-corrected chi connectivity index (χ4v) is 2.74. The minimum atomic E-state index is -0.563. The highest BCUT2D eigenvalue weighted by Crippen LogP contribution is 2.26. The molecule has 1 aromatic heterocycles. The molecular weight excluding hydrogens is 336 g/mol. The molecular formula is C15H13BrN2O3. The van der Waals surface area contributed by atoms with E-state index in [1.807, 2.05) is 24.3 Å². The van der Waals surface area contributed by atoms with E-state index in [-0.39, 0.29) is 11.8 Å². The molecule has 1 unspecified atom stereocenters. The van der Waals surface area contributed by atoms with Crippen LogP contribution in [0, 0.1) is 0 Å². The molecule has 2 aromatic rings. The Morgan fingerprint density at radius 2 is 2.14 bits per heavy atom. The molecule has 0 fully saturated rings. The van der Waals surface area contributed by atoms with E-state index in [2.05, 4.69) is 21.2 Å². The van der Waals surface area contributed by atoms with Crippen molar-refractivity contribution in [2.24, 2.45) is 0 Å². The second kappa shape index (κ2) is 5.37. The molecule has 0 aliphatic carbocycles. The fraction of sp³-hybridized carbons (Fsp3) is 0.200. The van der Waals surface area contributed by atoms with E-state index in [0.717, 1.165) is 11.3 Å². The van der Waals surface area contributed by atoms with Gasteiger partial charge in [0, 0.05) is 12.2 Å². The topological polar surface area (TPSA) is 62.6 Å². The molecule has 0 spiro atoms. The van der Waals surface area contributed by atoms with E-state index in [1.165, 1.54) is 11.2 Å². The standard InChI is InChI=1S/C15H13BrN2O3/c1-9-14(19)17-12-5-3-2-4-10(12)8-18(9)15(20)11-6-7-21-13(11)16/h2-7,9H,8H2,1H3,(H,17,19). The highest BCUT2D eigenvalue weighted by Gasteiger charge is 2.32. The first kappa shape index (κ1) is 13.9. The normalized spacial score (nSPS) is 17.9. The molecule has 1 N–H and O–H groups in total. The van der Waals surface area contributed by atoms with Crippen LogP contribution in [0.15, 0.2) is 45.7 Å². The number of para-hydroxylation sites is 1. The van der Waals surface area contributed by atoms with Crippen LogP contribution >= 0.6 is 15.9 Å². The Hall–Kier alpha value is -2.08. The molecule has 108 valence electrons. The number of anilines is 1. The van der Waals surface area contributed by atoms with Crippen LogP contribution in [0.2, 0.25) is 0 Å². The number of carbonyl (C=O) groups is 2. The van der Waals surface area contributed by atoms with Crippen LogP contribution in [0.4, 0.5) is 5.69 Å². The maximum Gasteiger partial charge on any atom is 0.259 e. The molecule has 0 radical (unpaired) electrons. The maximum atomic E-state index is 12.7. The molecule has 0 saturated carbocycles. The van der Waals surface area contributed by atoms with E-state index in [9.17, 15) is 9.59 Å². The third-order valence-electron chi connectivity index (χ3n) is 3.57. The second-order valence-corrected chi connectivity index (χ2v) is 5.58. The van der Waals surface area contributed by atoms with Crippen molar-refractivity contribution in [3.05, 3.63) is 52.4 Å². The van der Waals surface area contributed by atoms with Gasteiger partial charge in [-0.1, -0.05) is 18.2 Å². The highest BCUT2D eigenvalue weighted by atomic mass is 79.9. The number of halogens is 1. The number of hydrogen-bond acceptors (Lipinski definition) is 3. The number of carbonyl (C=O) groups excluding carboxylic acids is 2. The lowest BCUT2D eigenvalue weighted by Crippen LogP contribution is -2.43. The molecule has 2 amide bonds. The Morgan fingerprint density at radius 3 is 2.86 bits per heavy atom. The van der Waals surface area contributed by atoms with Gasteiger partial charge in [-0.05, 0) is 40.5 Å². The smallest absolute Gasteiger partial charge is 0.259 e. The van der Waals surface area contributed by atoms with Gasteiger partial charge in [-0.15, -0.1) is 0 Å².